The van der Waals surface area contributed by atoms with Crippen LogP contribution < -0.4 is 19.1 Å². The highest BCUT2D eigenvalue weighted by atomic mass is 32.2. The van der Waals surface area contributed by atoms with E-state index in [1.807, 2.05) is 44.3 Å². The van der Waals surface area contributed by atoms with Gasteiger partial charge in [0.05, 0.1) is 47.3 Å². The molecule has 0 radical (unpaired) electrons. The average molecular weight is 813 g/mol. The Labute approximate surface area is 344 Å². The Morgan fingerprint density at radius 2 is 1.91 bits per heavy atom. The standard InChI is InChI=1S/C43H58N4O9S/c1-26-10-8-9-11-28-23-43(28,40(51)45-57(52,53)42(6)15-16-42)24-35(48)34-21-29(25-47(34)39(50)32(27(2)20-26)22-36(49)56-41(3,4)5)55-38-31-12-13-33-37(30(31)14-17-44-38)54-19-18-46(33)7/h9,11-14,17,26-29,32,34H,8,10,15-16,18-25H2,1-7H3,(H,45,51)/b11-9-/t26-,27+,28+,29+,32-,34-,43+/m0/s1/i3D3,4D3. The number of hydrogen-bond acceptors (Lipinski definition) is 11. The zero-order chi connectivity index (χ0) is 46.1. The molecule has 2 aromatic rings. The van der Waals surface area contributed by atoms with Crippen LogP contribution in [0.1, 0.15) is 107 Å². The highest BCUT2D eigenvalue weighted by molar-refractivity contribution is 7.91. The summed E-state index contributed by atoms with van der Waals surface area (Å²) in [6, 6.07) is 4.40. The quantitative estimate of drug-likeness (QED) is 0.268. The number of hydrogen-bond donors (Lipinski definition) is 1. The number of ether oxygens (including phenoxy) is 3. The number of Topliss-reactive ketones (excluding diaryl/α,β-unsaturated/α-hetero) is 1. The molecule has 3 aliphatic heterocycles. The smallest absolute Gasteiger partial charge is 0.307 e. The molecule has 1 N–H and O–H groups in total. The summed E-state index contributed by atoms with van der Waals surface area (Å²) in [7, 11) is -2.08. The van der Waals surface area contributed by atoms with Gasteiger partial charge in [-0.1, -0.05) is 26.0 Å². The lowest BCUT2D eigenvalue weighted by molar-refractivity contribution is -0.160. The summed E-state index contributed by atoms with van der Waals surface area (Å²) in [5, 5.41) is 1.39. The maximum atomic E-state index is 15.1. The third kappa shape index (κ3) is 8.38. The van der Waals surface area contributed by atoms with Crippen molar-refractivity contribution in [1.29, 1.82) is 0 Å². The molecule has 7 atom stereocenters. The van der Waals surface area contributed by atoms with E-state index in [9.17, 15) is 22.8 Å². The second kappa shape index (κ2) is 15.2. The molecule has 0 unspecified atom stereocenters. The van der Waals surface area contributed by atoms with Crippen LogP contribution in [0.3, 0.4) is 0 Å². The lowest BCUT2D eigenvalue weighted by atomic mass is 9.82. The first-order valence-corrected chi connectivity index (χ1v) is 21.5. The summed E-state index contributed by atoms with van der Waals surface area (Å²) < 4.78 is 93.5. The molecule has 0 bridgehead atoms. The number of amides is 2. The molecule has 5 aliphatic rings. The van der Waals surface area contributed by atoms with Crippen molar-refractivity contribution in [2.75, 3.05) is 31.6 Å². The van der Waals surface area contributed by atoms with Crippen LogP contribution in [-0.4, -0.2) is 91.1 Å². The number of ketones is 1. The lowest BCUT2D eigenvalue weighted by Crippen LogP contribution is -2.48. The Morgan fingerprint density at radius 3 is 2.65 bits per heavy atom. The molecule has 0 spiro atoms. The maximum absolute atomic E-state index is 15.1. The minimum Gasteiger partial charge on any atom is -0.489 e. The number of nitrogens with one attached hydrogen (secondary N) is 1. The highest BCUT2D eigenvalue weighted by Crippen LogP contribution is 2.58. The minimum absolute atomic E-state index is 0.00633. The first-order valence-electron chi connectivity index (χ1n) is 23.0. The van der Waals surface area contributed by atoms with E-state index in [-0.39, 0.29) is 37.6 Å². The predicted octanol–water partition coefficient (Wildman–Crippen LogP) is 5.74. The summed E-state index contributed by atoms with van der Waals surface area (Å²) in [6.07, 6.45) is 6.20. The number of pyridine rings is 1. The molecule has 310 valence electrons. The number of nitrogens with zero attached hydrogens (tertiary/aromatic N) is 3. The van der Waals surface area contributed by atoms with E-state index in [4.69, 9.17) is 22.4 Å². The van der Waals surface area contributed by atoms with Crippen LogP contribution >= 0.6 is 0 Å². The van der Waals surface area contributed by atoms with E-state index < -0.39 is 99.4 Å². The second-order valence-electron chi connectivity index (χ2n) is 17.5. The molecule has 2 saturated carbocycles. The number of likely N-dealkylation sites (N-methyl/N-ethyl adjacent to an activating group) is 1. The van der Waals surface area contributed by atoms with Gasteiger partial charge >= 0.3 is 5.97 Å². The number of esters is 1. The molecular weight excluding hydrogens is 749 g/mol. The zero-order valence-electron chi connectivity index (χ0n) is 39.3. The van der Waals surface area contributed by atoms with Crippen molar-refractivity contribution in [3.8, 4) is 11.6 Å². The van der Waals surface area contributed by atoms with Gasteiger partial charge in [0.2, 0.25) is 27.7 Å². The van der Waals surface area contributed by atoms with Crippen LogP contribution in [0.4, 0.5) is 5.69 Å². The number of sulfonamides is 1. The summed E-state index contributed by atoms with van der Waals surface area (Å²) in [5.41, 5.74) is -3.37. The number of allylic oxidation sites excluding steroid dienone is 2. The van der Waals surface area contributed by atoms with Crippen LogP contribution in [0.5, 0.6) is 11.6 Å². The van der Waals surface area contributed by atoms with E-state index in [0.717, 1.165) is 18.0 Å². The number of rotatable bonds is 7. The lowest BCUT2D eigenvalue weighted by Gasteiger charge is -2.32. The van der Waals surface area contributed by atoms with E-state index in [1.54, 1.807) is 20.0 Å². The second-order valence-corrected chi connectivity index (χ2v) is 19.7. The fourth-order valence-electron chi connectivity index (χ4n) is 8.83. The van der Waals surface area contributed by atoms with Crippen molar-refractivity contribution < 1.29 is 50.0 Å². The maximum Gasteiger partial charge on any atom is 0.307 e. The van der Waals surface area contributed by atoms with Gasteiger partial charge in [0.1, 0.15) is 18.3 Å². The number of aromatic nitrogens is 1. The van der Waals surface area contributed by atoms with Crippen LogP contribution in [-0.2, 0) is 33.9 Å². The number of fused-ring (bicyclic) bond motifs is 5. The molecule has 1 aromatic heterocycles. The molecule has 2 aliphatic carbocycles. The number of benzene rings is 1. The van der Waals surface area contributed by atoms with Crippen molar-refractivity contribution in [3.05, 3.63) is 36.5 Å². The molecule has 14 heteroatoms. The van der Waals surface area contributed by atoms with Gasteiger partial charge in [-0.25, -0.2) is 13.4 Å². The first-order chi connectivity index (χ1) is 29.3. The molecule has 13 nitrogen and oxygen atoms in total. The van der Waals surface area contributed by atoms with Gasteiger partial charge in [0.25, 0.3) is 0 Å². The van der Waals surface area contributed by atoms with Crippen molar-refractivity contribution in [3.63, 3.8) is 0 Å². The zero-order valence-corrected chi connectivity index (χ0v) is 34.2. The summed E-state index contributed by atoms with van der Waals surface area (Å²) in [4.78, 5) is 65.7. The van der Waals surface area contributed by atoms with Crippen LogP contribution in [0.2, 0.25) is 0 Å². The monoisotopic (exact) mass is 812 g/mol. The average Bonchev–Trinajstić information content (AvgIpc) is 4.07. The fourth-order valence-corrected chi connectivity index (χ4v) is 10.2. The van der Waals surface area contributed by atoms with Gasteiger partial charge in [-0.2, -0.15) is 0 Å². The normalized spacial score (nSPS) is 32.8. The highest BCUT2D eigenvalue weighted by Gasteiger charge is 2.62. The van der Waals surface area contributed by atoms with Crippen LogP contribution in [0.15, 0.2) is 36.5 Å². The molecule has 1 aromatic carbocycles. The Balaban J connectivity index is 1.24. The molecule has 7 rings (SSSR count). The van der Waals surface area contributed by atoms with Gasteiger partial charge in [-0.05, 0) is 102 Å². The molecule has 57 heavy (non-hydrogen) atoms. The van der Waals surface area contributed by atoms with E-state index >= 15 is 4.79 Å². The Kier molecular flexibility index (Phi) is 8.99. The largest absolute Gasteiger partial charge is 0.489 e. The molecule has 2 amide bonds. The van der Waals surface area contributed by atoms with E-state index in [2.05, 4.69) is 14.6 Å². The third-order valence-corrected chi connectivity index (χ3v) is 14.9. The summed E-state index contributed by atoms with van der Waals surface area (Å²) in [6.45, 7) is 0.743. The van der Waals surface area contributed by atoms with Crippen molar-refractivity contribution in [2.24, 2.45) is 29.1 Å². The van der Waals surface area contributed by atoms with Crippen molar-refractivity contribution >= 4 is 50.1 Å². The van der Waals surface area contributed by atoms with Gasteiger partial charge in [-0.15, -0.1) is 0 Å². The van der Waals surface area contributed by atoms with Crippen molar-refractivity contribution in [1.82, 2.24) is 14.6 Å². The van der Waals surface area contributed by atoms with Crippen molar-refractivity contribution in [2.45, 2.75) is 122 Å². The topological polar surface area (TPSA) is 162 Å². The molecular formula is C43H58N4O9S. The summed E-state index contributed by atoms with van der Waals surface area (Å²) in [5.74, 6) is -4.32. The molecule has 4 heterocycles. The van der Waals surface area contributed by atoms with Crippen LogP contribution in [0, 0.1) is 29.1 Å². The van der Waals surface area contributed by atoms with E-state index in [1.165, 1.54) is 4.90 Å². The summed E-state index contributed by atoms with van der Waals surface area (Å²) >= 11 is 0. The van der Waals surface area contributed by atoms with Gasteiger partial charge in [0.15, 0.2) is 11.5 Å². The number of carbonyl (C=O) groups excluding carboxylic acids is 4. The van der Waals surface area contributed by atoms with Gasteiger partial charge in [-0.3, -0.25) is 23.9 Å². The van der Waals surface area contributed by atoms with E-state index in [0.29, 0.717) is 56.4 Å². The third-order valence-electron chi connectivity index (χ3n) is 12.7. The predicted molar refractivity (Wildman–Crippen MR) is 215 cm³/mol. The Hall–Kier alpha value is -4.20. The Morgan fingerprint density at radius 1 is 1.14 bits per heavy atom. The minimum atomic E-state index is -4.04. The molecule has 1 saturated heterocycles. The molecule has 3 fully saturated rings. The van der Waals surface area contributed by atoms with Crippen LogP contribution in [0.25, 0.3) is 10.8 Å². The first kappa shape index (κ1) is 33.7. The number of carbonyl (C=O) groups is 4. The van der Waals surface area contributed by atoms with Gasteiger partial charge < -0.3 is 24.0 Å². The van der Waals surface area contributed by atoms with Gasteiger partial charge in [0, 0.05) is 45.1 Å². The Bertz CT molecular complexity index is 2290. The fraction of sp³-hybridized carbons (Fsp3) is 0.651. The SMILES string of the molecule is [2H]C([2H])([2H])C(C)(OC(=O)C[C@@H]1C(=O)N2C[C@H](Oc3nccc4c5c(ccc34)N(C)CCO5)C[C@H]2C(=O)C[C@]2(C(=O)NS(=O)(=O)C3(C)CC3)C[C@H]2/C=C\CC[C@H](C)C[C@H]1C)C([2H])([2H])[2H]. The number of anilines is 1.